The fourth-order valence-electron chi connectivity index (χ4n) is 2.23. The van der Waals surface area contributed by atoms with Gasteiger partial charge in [0, 0.05) is 24.0 Å². The largest absolute Gasteiger partial charge is 0.338 e. The number of hydrogen-bond donors (Lipinski definition) is 0. The molecule has 1 aliphatic rings. The highest BCUT2D eigenvalue weighted by Gasteiger charge is 2.25. The third-order valence-corrected chi connectivity index (χ3v) is 4.78. The van der Waals surface area contributed by atoms with E-state index in [-0.39, 0.29) is 0 Å². The Kier molecular flexibility index (Phi) is 3.63. The van der Waals surface area contributed by atoms with E-state index in [0.717, 1.165) is 10.7 Å². The normalized spacial score (nSPS) is 14.4. The molecule has 0 aliphatic heterocycles. The third-order valence-electron chi connectivity index (χ3n) is 3.48. The molecule has 0 N–H and O–H groups in total. The third kappa shape index (κ3) is 2.76. The number of imidazole rings is 1. The molecular formula is C15H13ClN4OS. The van der Waals surface area contributed by atoms with Crippen molar-refractivity contribution < 1.29 is 4.52 Å². The predicted octanol–water partition coefficient (Wildman–Crippen LogP) is 4.21. The number of benzene rings is 1. The van der Waals surface area contributed by atoms with Crippen LogP contribution >= 0.6 is 23.4 Å². The fraction of sp³-hybridized carbons (Fsp3) is 0.267. The molecule has 0 amide bonds. The SMILES string of the molecule is Clc1ccccc1-c1noc(CSc2nccn2C2CC2)n1. The lowest BCUT2D eigenvalue weighted by Crippen LogP contribution is -1.94. The van der Waals surface area contributed by atoms with Gasteiger partial charge in [-0.3, -0.25) is 0 Å². The monoisotopic (exact) mass is 332 g/mol. The second-order valence-corrected chi connectivity index (χ2v) is 6.48. The van der Waals surface area contributed by atoms with Gasteiger partial charge in [0.15, 0.2) is 5.16 Å². The minimum absolute atomic E-state index is 0.520. The zero-order valence-electron chi connectivity index (χ0n) is 11.6. The van der Waals surface area contributed by atoms with Gasteiger partial charge in [-0.1, -0.05) is 40.7 Å². The molecule has 4 rings (SSSR count). The van der Waals surface area contributed by atoms with Crippen molar-refractivity contribution in [1.82, 2.24) is 19.7 Å². The van der Waals surface area contributed by atoms with Gasteiger partial charge < -0.3 is 9.09 Å². The summed E-state index contributed by atoms with van der Waals surface area (Å²) in [6, 6.07) is 8.09. The van der Waals surface area contributed by atoms with Crippen LogP contribution in [0.15, 0.2) is 46.3 Å². The number of nitrogens with zero attached hydrogens (tertiary/aromatic N) is 4. The highest BCUT2D eigenvalue weighted by molar-refractivity contribution is 7.98. The Balaban J connectivity index is 1.48. The molecule has 112 valence electrons. The lowest BCUT2D eigenvalue weighted by Gasteiger charge is -2.03. The van der Waals surface area contributed by atoms with Crippen LogP contribution in [0.4, 0.5) is 0 Å². The number of rotatable bonds is 5. The molecule has 0 atom stereocenters. The van der Waals surface area contributed by atoms with E-state index in [1.807, 2.05) is 36.7 Å². The molecule has 0 spiro atoms. The molecule has 2 aromatic heterocycles. The Morgan fingerprint density at radius 3 is 3.00 bits per heavy atom. The van der Waals surface area contributed by atoms with Gasteiger partial charge in [0.2, 0.25) is 11.7 Å². The van der Waals surface area contributed by atoms with Crippen LogP contribution in [-0.2, 0) is 5.75 Å². The second-order valence-electron chi connectivity index (χ2n) is 5.13. The minimum Gasteiger partial charge on any atom is -0.338 e. The molecule has 1 aliphatic carbocycles. The fourth-order valence-corrected chi connectivity index (χ4v) is 3.32. The van der Waals surface area contributed by atoms with Crippen molar-refractivity contribution >= 4 is 23.4 Å². The summed E-state index contributed by atoms with van der Waals surface area (Å²) in [7, 11) is 0. The lowest BCUT2D eigenvalue weighted by molar-refractivity contribution is 0.391. The zero-order valence-corrected chi connectivity index (χ0v) is 13.2. The molecule has 0 unspecified atom stereocenters. The molecule has 0 saturated heterocycles. The van der Waals surface area contributed by atoms with Crippen molar-refractivity contribution in [2.24, 2.45) is 0 Å². The molecule has 22 heavy (non-hydrogen) atoms. The van der Waals surface area contributed by atoms with Crippen LogP contribution in [0.3, 0.4) is 0 Å². The first-order valence-electron chi connectivity index (χ1n) is 7.04. The first-order valence-corrected chi connectivity index (χ1v) is 8.41. The van der Waals surface area contributed by atoms with Gasteiger partial charge in [-0.05, 0) is 25.0 Å². The standard InChI is InChI=1S/C15H13ClN4OS/c16-12-4-2-1-3-11(12)14-18-13(21-19-14)9-22-15-17-7-8-20(15)10-5-6-10/h1-4,7-8,10H,5-6,9H2. The summed E-state index contributed by atoms with van der Waals surface area (Å²) in [5.74, 6) is 1.69. The molecular weight excluding hydrogens is 320 g/mol. The topological polar surface area (TPSA) is 56.7 Å². The van der Waals surface area contributed by atoms with Crippen LogP contribution in [0.25, 0.3) is 11.4 Å². The average molecular weight is 333 g/mol. The van der Waals surface area contributed by atoms with Crippen LogP contribution in [0.2, 0.25) is 5.02 Å². The lowest BCUT2D eigenvalue weighted by atomic mass is 10.2. The highest BCUT2D eigenvalue weighted by Crippen LogP contribution is 2.38. The average Bonchev–Trinajstić information content (AvgIpc) is 3.09. The number of aromatic nitrogens is 4. The first-order chi connectivity index (χ1) is 10.8. The maximum Gasteiger partial charge on any atom is 0.237 e. The molecule has 2 heterocycles. The molecule has 0 bridgehead atoms. The van der Waals surface area contributed by atoms with E-state index in [2.05, 4.69) is 19.7 Å². The van der Waals surface area contributed by atoms with Crippen LogP contribution in [0.1, 0.15) is 24.8 Å². The number of hydrogen-bond acceptors (Lipinski definition) is 5. The van der Waals surface area contributed by atoms with Gasteiger partial charge in [-0.2, -0.15) is 4.98 Å². The van der Waals surface area contributed by atoms with E-state index in [4.69, 9.17) is 16.1 Å². The minimum atomic E-state index is 0.520. The van der Waals surface area contributed by atoms with Crippen LogP contribution < -0.4 is 0 Å². The maximum atomic E-state index is 6.15. The Labute approximate surface area is 136 Å². The van der Waals surface area contributed by atoms with Crippen LogP contribution in [-0.4, -0.2) is 19.7 Å². The van der Waals surface area contributed by atoms with Gasteiger partial charge in [0.25, 0.3) is 0 Å². The van der Waals surface area contributed by atoms with Gasteiger partial charge in [-0.15, -0.1) is 0 Å². The van der Waals surface area contributed by atoms with E-state index >= 15 is 0 Å². The number of halogens is 1. The van der Waals surface area contributed by atoms with Crippen molar-refractivity contribution in [2.45, 2.75) is 29.8 Å². The Morgan fingerprint density at radius 1 is 1.32 bits per heavy atom. The summed E-state index contributed by atoms with van der Waals surface area (Å²) in [6.07, 6.45) is 6.34. The van der Waals surface area contributed by atoms with E-state index in [1.165, 1.54) is 12.8 Å². The van der Waals surface area contributed by atoms with E-state index < -0.39 is 0 Å². The van der Waals surface area contributed by atoms with E-state index in [1.54, 1.807) is 11.8 Å². The Bertz CT molecular complexity index is 796. The molecule has 0 radical (unpaired) electrons. The smallest absolute Gasteiger partial charge is 0.237 e. The van der Waals surface area contributed by atoms with E-state index in [9.17, 15) is 0 Å². The van der Waals surface area contributed by atoms with Crippen molar-refractivity contribution in [1.29, 1.82) is 0 Å². The van der Waals surface area contributed by atoms with Crippen molar-refractivity contribution in [3.8, 4) is 11.4 Å². The highest BCUT2D eigenvalue weighted by atomic mass is 35.5. The Hall–Kier alpha value is -1.79. The second kappa shape index (κ2) is 5.78. The molecule has 7 heteroatoms. The Morgan fingerprint density at radius 2 is 2.18 bits per heavy atom. The van der Waals surface area contributed by atoms with E-state index in [0.29, 0.717) is 28.5 Å². The van der Waals surface area contributed by atoms with Gasteiger partial charge in [0.05, 0.1) is 10.8 Å². The summed E-state index contributed by atoms with van der Waals surface area (Å²) in [6.45, 7) is 0. The molecule has 1 fully saturated rings. The van der Waals surface area contributed by atoms with Crippen molar-refractivity contribution in [3.63, 3.8) is 0 Å². The van der Waals surface area contributed by atoms with Gasteiger partial charge in [-0.25, -0.2) is 4.98 Å². The van der Waals surface area contributed by atoms with Gasteiger partial charge >= 0.3 is 0 Å². The summed E-state index contributed by atoms with van der Waals surface area (Å²) in [5.41, 5.74) is 0.781. The summed E-state index contributed by atoms with van der Waals surface area (Å²) in [5, 5.41) is 5.62. The van der Waals surface area contributed by atoms with Crippen LogP contribution in [0, 0.1) is 0 Å². The molecule has 5 nitrogen and oxygen atoms in total. The quantitative estimate of drug-likeness (QED) is 0.655. The van der Waals surface area contributed by atoms with Gasteiger partial charge in [0.1, 0.15) is 0 Å². The predicted molar refractivity (Wildman–Crippen MR) is 84.8 cm³/mol. The molecule has 1 aromatic carbocycles. The molecule has 1 saturated carbocycles. The number of thioether (sulfide) groups is 1. The maximum absolute atomic E-state index is 6.15. The van der Waals surface area contributed by atoms with Crippen molar-refractivity contribution in [2.75, 3.05) is 0 Å². The summed E-state index contributed by atoms with van der Waals surface area (Å²) in [4.78, 5) is 8.80. The van der Waals surface area contributed by atoms with Crippen molar-refractivity contribution in [3.05, 3.63) is 47.6 Å². The summed E-state index contributed by atoms with van der Waals surface area (Å²) >= 11 is 7.76. The van der Waals surface area contributed by atoms with Crippen LogP contribution in [0.5, 0.6) is 0 Å². The first kappa shape index (κ1) is 13.8. The zero-order chi connectivity index (χ0) is 14.9. The molecule has 3 aromatic rings. The summed E-state index contributed by atoms with van der Waals surface area (Å²) < 4.78 is 7.53.